The quantitative estimate of drug-likeness (QED) is 0.565. The molecule has 0 bridgehead atoms. The maximum absolute atomic E-state index is 5.48. The van der Waals surface area contributed by atoms with E-state index in [1.807, 2.05) is 0 Å². The molecule has 0 aromatic carbocycles. The van der Waals surface area contributed by atoms with Gasteiger partial charge in [-0.15, -0.1) is 0 Å². The molecule has 0 aliphatic heterocycles. The van der Waals surface area contributed by atoms with E-state index in [1.54, 1.807) is 0 Å². The van der Waals surface area contributed by atoms with Gasteiger partial charge >= 0.3 is 0 Å². The van der Waals surface area contributed by atoms with Gasteiger partial charge < -0.3 is 5.73 Å². The van der Waals surface area contributed by atoms with Gasteiger partial charge in [0.15, 0.2) is 0 Å². The van der Waals surface area contributed by atoms with E-state index in [9.17, 15) is 0 Å². The fourth-order valence-corrected chi connectivity index (χ4v) is 1.83. The van der Waals surface area contributed by atoms with Gasteiger partial charge in [0.05, 0.1) is 0 Å². The molecule has 1 nitrogen and oxygen atoms in total. The molecule has 1 atom stereocenters. The van der Waals surface area contributed by atoms with Gasteiger partial charge in [0.25, 0.3) is 0 Å². The molecule has 0 radical (unpaired) electrons. The molecule has 54 valence electrons. The van der Waals surface area contributed by atoms with Crippen LogP contribution in [-0.4, -0.2) is 11.8 Å². The molecule has 0 spiro atoms. The lowest BCUT2D eigenvalue weighted by atomic mass is 10.0. The van der Waals surface area contributed by atoms with Gasteiger partial charge in [0.2, 0.25) is 0 Å². The molecule has 0 heterocycles. The maximum atomic E-state index is 5.48. The third-order valence-electron chi connectivity index (χ3n) is 2.19. The van der Waals surface area contributed by atoms with Gasteiger partial charge in [0, 0.05) is 11.8 Å². The van der Waals surface area contributed by atoms with Crippen LogP contribution in [0.25, 0.3) is 0 Å². The summed E-state index contributed by atoms with van der Waals surface area (Å²) in [5.41, 5.74) is 5.48. The highest BCUT2D eigenvalue weighted by molar-refractivity contribution is 7.81. The summed E-state index contributed by atoms with van der Waals surface area (Å²) in [6.07, 6.45) is 5.49. The summed E-state index contributed by atoms with van der Waals surface area (Å²) in [7, 11) is 0. The number of rotatable bonds is 2. The number of hydrogen-bond donors (Lipinski definition) is 2. The molecule has 1 unspecified atom stereocenters. The Morgan fingerprint density at radius 3 is 2.44 bits per heavy atom. The summed E-state index contributed by atoms with van der Waals surface area (Å²) in [5, 5.41) is 0.465. The molecular formula is C7H15NS. The van der Waals surface area contributed by atoms with Crippen LogP contribution in [0.4, 0.5) is 0 Å². The van der Waals surface area contributed by atoms with Gasteiger partial charge in [0.1, 0.15) is 0 Å². The standard InChI is InChI=1S/C7H15NS/c8-5-7(9)6-3-1-2-4-6/h6-7,9H,1-5,8H2. The third kappa shape index (κ3) is 1.87. The molecule has 0 saturated heterocycles. The van der Waals surface area contributed by atoms with Crippen molar-refractivity contribution in [1.29, 1.82) is 0 Å². The fraction of sp³-hybridized carbons (Fsp3) is 1.00. The Kier molecular flexibility index (Phi) is 2.86. The molecule has 9 heavy (non-hydrogen) atoms. The highest BCUT2D eigenvalue weighted by Gasteiger charge is 2.20. The summed E-state index contributed by atoms with van der Waals surface area (Å²) < 4.78 is 0. The van der Waals surface area contributed by atoms with Crippen molar-refractivity contribution >= 4 is 12.6 Å². The van der Waals surface area contributed by atoms with Crippen molar-refractivity contribution in [2.45, 2.75) is 30.9 Å². The number of nitrogens with two attached hydrogens (primary N) is 1. The summed E-state index contributed by atoms with van der Waals surface area (Å²) in [4.78, 5) is 0. The van der Waals surface area contributed by atoms with E-state index in [4.69, 9.17) is 5.73 Å². The first-order valence-electron chi connectivity index (χ1n) is 3.72. The van der Waals surface area contributed by atoms with Crippen molar-refractivity contribution in [3.8, 4) is 0 Å². The van der Waals surface area contributed by atoms with Crippen molar-refractivity contribution in [3.63, 3.8) is 0 Å². The minimum Gasteiger partial charge on any atom is -0.329 e. The van der Waals surface area contributed by atoms with Crippen molar-refractivity contribution in [2.24, 2.45) is 11.7 Å². The van der Waals surface area contributed by atoms with Gasteiger partial charge in [-0.05, 0) is 18.8 Å². The average molecular weight is 145 g/mol. The second-order valence-corrected chi connectivity index (χ2v) is 3.51. The van der Waals surface area contributed by atoms with Crippen molar-refractivity contribution in [3.05, 3.63) is 0 Å². The SMILES string of the molecule is NCC(S)C1CCCC1. The van der Waals surface area contributed by atoms with Gasteiger partial charge in [-0.2, -0.15) is 12.6 Å². The lowest BCUT2D eigenvalue weighted by Gasteiger charge is -2.14. The minimum absolute atomic E-state index is 0.465. The monoisotopic (exact) mass is 145 g/mol. The second kappa shape index (κ2) is 3.47. The van der Waals surface area contributed by atoms with E-state index < -0.39 is 0 Å². The number of hydrogen-bond acceptors (Lipinski definition) is 2. The molecule has 1 rings (SSSR count). The van der Waals surface area contributed by atoms with Gasteiger partial charge in [-0.3, -0.25) is 0 Å². The normalized spacial score (nSPS) is 24.7. The van der Waals surface area contributed by atoms with Crippen LogP contribution in [0.2, 0.25) is 0 Å². The van der Waals surface area contributed by atoms with E-state index in [0.717, 1.165) is 12.5 Å². The van der Waals surface area contributed by atoms with E-state index >= 15 is 0 Å². The van der Waals surface area contributed by atoms with Crippen LogP contribution in [0.3, 0.4) is 0 Å². The summed E-state index contributed by atoms with van der Waals surface area (Å²) >= 11 is 4.40. The molecule has 1 aliphatic rings. The van der Waals surface area contributed by atoms with Gasteiger partial charge in [-0.25, -0.2) is 0 Å². The molecule has 0 amide bonds. The van der Waals surface area contributed by atoms with Crippen LogP contribution in [-0.2, 0) is 0 Å². The fourth-order valence-electron chi connectivity index (χ4n) is 1.53. The first-order chi connectivity index (χ1) is 4.34. The van der Waals surface area contributed by atoms with Crippen LogP contribution in [0.1, 0.15) is 25.7 Å². The largest absolute Gasteiger partial charge is 0.329 e. The van der Waals surface area contributed by atoms with Crippen molar-refractivity contribution in [1.82, 2.24) is 0 Å². The molecule has 1 aliphatic carbocycles. The van der Waals surface area contributed by atoms with Crippen LogP contribution < -0.4 is 5.73 Å². The second-order valence-electron chi connectivity index (χ2n) is 2.85. The lowest BCUT2D eigenvalue weighted by molar-refractivity contribution is 0.528. The predicted molar refractivity (Wildman–Crippen MR) is 43.8 cm³/mol. The van der Waals surface area contributed by atoms with E-state index in [1.165, 1.54) is 25.7 Å². The molecule has 1 saturated carbocycles. The van der Waals surface area contributed by atoms with Crippen molar-refractivity contribution < 1.29 is 0 Å². The predicted octanol–water partition coefficient (Wildman–Crippen LogP) is 1.43. The Morgan fingerprint density at radius 2 is 2.00 bits per heavy atom. The minimum atomic E-state index is 0.465. The van der Waals surface area contributed by atoms with Crippen LogP contribution >= 0.6 is 12.6 Å². The Labute approximate surface area is 62.4 Å². The van der Waals surface area contributed by atoms with Crippen LogP contribution in [0.5, 0.6) is 0 Å². The zero-order valence-electron chi connectivity index (χ0n) is 5.71. The van der Waals surface area contributed by atoms with Crippen LogP contribution in [0, 0.1) is 5.92 Å². The lowest BCUT2D eigenvalue weighted by Crippen LogP contribution is -2.21. The molecular weight excluding hydrogens is 130 g/mol. The highest BCUT2D eigenvalue weighted by atomic mass is 32.1. The summed E-state index contributed by atoms with van der Waals surface area (Å²) in [5.74, 6) is 0.818. The Bertz CT molecular complexity index is 79.0. The highest BCUT2D eigenvalue weighted by Crippen LogP contribution is 2.29. The molecule has 2 N–H and O–H groups in total. The summed E-state index contributed by atoms with van der Waals surface area (Å²) in [6, 6.07) is 0. The van der Waals surface area contributed by atoms with E-state index in [0.29, 0.717) is 5.25 Å². The van der Waals surface area contributed by atoms with E-state index in [-0.39, 0.29) is 0 Å². The Balaban J connectivity index is 2.24. The first-order valence-corrected chi connectivity index (χ1v) is 4.24. The Hall–Kier alpha value is 0.310. The molecule has 0 aromatic rings. The summed E-state index contributed by atoms with van der Waals surface area (Å²) in [6.45, 7) is 0.744. The number of thiol groups is 1. The third-order valence-corrected chi connectivity index (χ3v) is 2.82. The topological polar surface area (TPSA) is 26.0 Å². The van der Waals surface area contributed by atoms with E-state index in [2.05, 4.69) is 12.6 Å². The smallest absolute Gasteiger partial charge is 0.0168 e. The Morgan fingerprint density at radius 1 is 1.44 bits per heavy atom. The molecule has 2 heteroatoms. The molecule has 0 aromatic heterocycles. The molecule has 1 fully saturated rings. The zero-order valence-corrected chi connectivity index (χ0v) is 6.61. The maximum Gasteiger partial charge on any atom is 0.0168 e. The average Bonchev–Trinajstić information content (AvgIpc) is 2.37. The van der Waals surface area contributed by atoms with Crippen LogP contribution in [0.15, 0.2) is 0 Å². The first kappa shape index (κ1) is 7.42. The van der Waals surface area contributed by atoms with Crippen molar-refractivity contribution in [2.75, 3.05) is 6.54 Å². The van der Waals surface area contributed by atoms with Gasteiger partial charge in [-0.1, -0.05) is 12.8 Å². The zero-order chi connectivity index (χ0) is 6.69.